The number of rotatable bonds is 8. The van der Waals surface area contributed by atoms with E-state index < -0.39 is 6.09 Å². The Morgan fingerprint density at radius 3 is 2.26 bits per heavy atom. The molecule has 1 aliphatic rings. The Kier molecular flexibility index (Phi) is 8.28. The van der Waals surface area contributed by atoms with Gasteiger partial charge in [-0.2, -0.15) is 0 Å². The number of carbonyl (C=O) groups excluding carboxylic acids is 2. The molecule has 1 N–H and O–H groups in total. The van der Waals surface area contributed by atoms with Gasteiger partial charge in [-0.05, 0) is 67.3 Å². The average Bonchev–Trinajstić information content (AvgIpc) is 2.99. The maximum atomic E-state index is 12.6. The van der Waals surface area contributed by atoms with Crippen molar-refractivity contribution >= 4 is 17.7 Å². The SMILES string of the molecule is O=C(Nc1ccc(OC(=O)N2CCC(COc3ccc(Oc4ccccn4)cc3)CC2)nc1)c1ccccc1. The molecule has 4 aromatic rings. The second-order valence-corrected chi connectivity index (χ2v) is 9.06. The van der Waals surface area contributed by atoms with Crippen molar-refractivity contribution in [2.75, 3.05) is 25.0 Å². The van der Waals surface area contributed by atoms with Crippen molar-refractivity contribution in [3.8, 4) is 23.3 Å². The Bertz CT molecular complexity index is 1360. The molecule has 1 fully saturated rings. The van der Waals surface area contributed by atoms with Crippen LogP contribution >= 0.6 is 0 Å². The fourth-order valence-corrected chi connectivity index (χ4v) is 4.09. The van der Waals surface area contributed by atoms with Crippen molar-refractivity contribution in [2.24, 2.45) is 5.92 Å². The highest BCUT2D eigenvalue weighted by Crippen LogP contribution is 2.24. The summed E-state index contributed by atoms with van der Waals surface area (Å²) in [5, 5.41) is 2.77. The number of carbonyl (C=O) groups is 2. The second-order valence-electron chi connectivity index (χ2n) is 9.06. The number of piperidine rings is 1. The molecule has 0 saturated carbocycles. The minimum Gasteiger partial charge on any atom is -0.493 e. The largest absolute Gasteiger partial charge is 0.493 e. The molecule has 0 atom stereocenters. The molecule has 0 bridgehead atoms. The summed E-state index contributed by atoms with van der Waals surface area (Å²) >= 11 is 0. The number of hydrogen-bond donors (Lipinski definition) is 1. The van der Waals surface area contributed by atoms with Crippen LogP contribution in [0, 0.1) is 5.92 Å². The second kappa shape index (κ2) is 12.6. The summed E-state index contributed by atoms with van der Waals surface area (Å²) in [5.74, 6) is 2.27. The van der Waals surface area contributed by atoms with Crippen LogP contribution in [-0.2, 0) is 0 Å². The number of nitrogens with zero attached hydrogens (tertiary/aromatic N) is 3. The number of benzene rings is 2. The fraction of sp³-hybridized carbons (Fsp3) is 0.200. The third-order valence-corrected chi connectivity index (χ3v) is 6.26. The topological polar surface area (TPSA) is 103 Å². The standard InChI is InChI=1S/C30H28N4O5/c35-29(23-6-2-1-3-7-23)33-24-9-14-28(32-20-24)39-30(36)34-18-15-22(16-19-34)21-37-25-10-12-26(13-11-25)38-27-8-4-5-17-31-27/h1-14,17,20,22H,15-16,18-19,21H2,(H,33,35). The molecule has 0 aliphatic carbocycles. The Labute approximate surface area is 226 Å². The van der Waals surface area contributed by atoms with Crippen LogP contribution in [0.25, 0.3) is 0 Å². The molecule has 2 amide bonds. The van der Waals surface area contributed by atoms with E-state index in [-0.39, 0.29) is 11.8 Å². The first-order valence-corrected chi connectivity index (χ1v) is 12.7. The summed E-state index contributed by atoms with van der Waals surface area (Å²) in [5.41, 5.74) is 1.06. The number of hydrogen-bond acceptors (Lipinski definition) is 7. The van der Waals surface area contributed by atoms with Crippen molar-refractivity contribution in [3.63, 3.8) is 0 Å². The first kappa shape index (κ1) is 25.7. The number of aromatic nitrogens is 2. The van der Waals surface area contributed by atoms with E-state index in [1.807, 2.05) is 42.5 Å². The van der Waals surface area contributed by atoms with Gasteiger partial charge in [0, 0.05) is 37.0 Å². The van der Waals surface area contributed by atoms with Gasteiger partial charge in [0.1, 0.15) is 11.5 Å². The van der Waals surface area contributed by atoms with Crippen LogP contribution in [0.5, 0.6) is 23.3 Å². The van der Waals surface area contributed by atoms with E-state index >= 15 is 0 Å². The van der Waals surface area contributed by atoms with E-state index in [9.17, 15) is 9.59 Å². The Hall–Kier alpha value is -4.92. The lowest BCUT2D eigenvalue weighted by Gasteiger charge is -2.30. The van der Waals surface area contributed by atoms with Gasteiger partial charge in [0.25, 0.3) is 5.91 Å². The van der Waals surface area contributed by atoms with Gasteiger partial charge in [0.15, 0.2) is 0 Å². The minimum atomic E-state index is -0.438. The predicted molar refractivity (Wildman–Crippen MR) is 145 cm³/mol. The van der Waals surface area contributed by atoms with E-state index in [1.165, 1.54) is 6.20 Å². The van der Waals surface area contributed by atoms with Gasteiger partial charge in [-0.3, -0.25) is 4.79 Å². The summed E-state index contributed by atoms with van der Waals surface area (Å²) in [6.07, 6.45) is 4.33. The lowest BCUT2D eigenvalue weighted by Crippen LogP contribution is -2.41. The third-order valence-electron chi connectivity index (χ3n) is 6.26. The molecule has 5 rings (SSSR count). The fourth-order valence-electron chi connectivity index (χ4n) is 4.09. The highest BCUT2D eigenvalue weighted by Gasteiger charge is 2.25. The maximum absolute atomic E-state index is 12.6. The van der Waals surface area contributed by atoms with E-state index in [1.54, 1.807) is 53.6 Å². The highest BCUT2D eigenvalue weighted by atomic mass is 16.6. The molecule has 0 radical (unpaired) electrons. The first-order valence-electron chi connectivity index (χ1n) is 12.7. The van der Waals surface area contributed by atoms with Crippen LogP contribution in [0.4, 0.5) is 10.5 Å². The zero-order valence-corrected chi connectivity index (χ0v) is 21.2. The monoisotopic (exact) mass is 524 g/mol. The average molecular weight is 525 g/mol. The third kappa shape index (κ3) is 7.32. The van der Waals surface area contributed by atoms with Gasteiger partial charge >= 0.3 is 6.09 Å². The molecule has 3 heterocycles. The molecular formula is C30H28N4O5. The van der Waals surface area contributed by atoms with Gasteiger partial charge in [-0.25, -0.2) is 14.8 Å². The van der Waals surface area contributed by atoms with E-state index in [0.29, 0.717) is 48.5 Å². The molecular weight excluding hydrogens is 496 g/mol. The first-order chi connectivity index (χ1) is 19.1. The van der Waals surface area contributed by atoms with Crippen molar-refractivity contribution in [3.05, 3.63) is 103 Å². The number of pyridine rings is 2. The Morgan fingerprint density at radius 2 is 1.56 bits per heavy atom. The molecule has 39 heavy (non-hydrogen) atoms. The molecule has 1 saturated heterocycles. The molecule has 2 aromatic heterocycles. The van der Waals surface area contributed by atoms with Crippen LogP contribution in [0.2, 0.25) is 0 Å². The molecule has 2 aromatic carbocycles. The number of nitrogens with one attached hydrogen (secondary N) is 1. The zero-order chi connectivity index (χ0) is 26.9. The van der Waals surface area contributed by atoms with Gasteiger partial charge in [-0.1, -0.05) is 24.3 Å². The molecule has 1 aliphatic heterocycles. The zero-order valence-electron chi connectivity index (χ0n) is 21.2. The molecule has 0 unspecified atom stereocenters. The Balaban J connectivity index is 1.03. The van der Waals surface area contributed by atoms with Crippen molar-refractivity contribution < 1.29 is 23.8 Å². The summed E-state index contributed by atoms with van der Waals surface area (Å²) in [4.78, 5) is 34.9. The summed E-state index contributed by atoms with van der Waals surface area (Å²) in [6, 6.07) is 25.1. The normalized spacial score (nSPS) is 13.4. The number of amides is 2. The smallest absolute Gasteiger partial charge is 0.416 e. The van der Waals surface area contributed by atoms with Crippen molar-refractivity contribution in [1.29, 1.82) is 0 Å². The van der Waals surface area contributed by atoms with Crippen LogP contribution in [0.15, 0.2) is 97.3 Å². The summed E-state index contributed by atoms with van der Waals surface area (Å²) < 4.78 is 17.1. The number of likely N-dealkylation sites (tertiary alicyclic amines) is 1. The van der Waals surface area contributed by atoms with Crippen LogP contribution < -0.4 is 19.5 Å². The lowest BCUT2D eigenvalue weighted by atomic mass is 9.98. The van der Waals surface area contributed by atoms with E-state index in [2.05, 4.69) is 15.3 Å². The lowest BCUT2D eigenvalue weighted by molar-refractivity contribution is 0.102. The van der Waals surface area contributed by atoms with Crippen LogP contribution in [-0.4, -0.2) is 46.6 Å². The van der Waals surface area contributed by atoms with Gasteiger partial charge in [0.05, 0.1) is 18.5 Å². The number of ether oxygens (including phenoxy) is 3. The maximum Gasteiger partial charge on any atom is 0.416 e. The summed E-state index contributed by atoms with van der Waals surface area (Å²) in [7, 11) is 0. The molecule has 9 nitrogen and oxygen atoms in total. The van der Waals surface area contributed by atoms with Gasteiger partial charge < -0.3 is 24.4 Å². The van der Waals surface area contributed by atoms with Crippen molar-refractivity contribution in [1.82, 2.24) is 14.9 Å². The van der Waals surface area contributed by atoms with E-state index in [4.69, 9.17) is 14.2 Å². The Morgan fingerprint density at radius 1 is 0.821 bits per heavy atom. The van der Waals surface area contributed by atoms with Crippen LogP contribution in [0.1, 0.15) is 23.2 Å². The van der Waals surface area contributed by atoms with Gasteiger partial charge in [-0.15, -0.1) is 0 Å². The summed E-state index contributed by atoms with van der Waals surface area (Å²) in [6.45, 7) is 1.73. The predicted octanol–water partition coefficient (Wildman–Crippen LogP) is 5.81. The van der Waals surface area contributed by atoms with E-state index in [0.717, 1.165) is 18.6 Å². The molecule has 9 heteroatoms. The minimum absolute atomic E-state index is 0.179. The molecule has 0 spiro atoms. The molecule has 198 valence electrons. The van der Waals surface area contributed by atoms with Crippen molar-refractivity contribution in [2.45, 2.75) is 12.8 Å². The van der Waals surface area contributed by atoms with Crippen LogP contribution in [0.3, 0.4) is 0 Å². The van der Waals surface area contributed by atoms with Gasteiger partial charge in [0.2, 0.25) is 11.8 Å². The quantitative estimate of drug-likeness (QED) is 0.310. The number of anilines is 1. The highest BCUT2D eigenvalue weighted by molar-refractivity contribution is 6.04.